The van der Waals surface area contributed by atoms with Crippen LogP contribution in [0.4, 0.5) is 0 Å². The van der Waals surface area contributed by atoms with E-state index < -0.39 is 0 Å². The monoisotopic (exact) mass is 316 g/mol. The molecule has 0 unspecified atom stereocenters. The van der Waals surface area contributed by atoms with E-state index in [1.807, 2.05) is 45.0 Å². The number of hydrogen-bond acceptors (Lipinski definition) is 4. The molecule has 0 N–H and O–H groups in total. The minimum absolute atomic E-state index is 0.0834. The van der Waals surface area contributed by atoms with Crippen LogP contribution in [-0.4, -0.2) is 36.2 Å². The lowest BCUT2D eigenvalue weighted by Gasteiger charge is -2.18. The molecule has 124 valence electrons. The highest BCUT2D eigenvalue weighted by molar-refractivity contribution is 5.96. The minimum atomic E-state index is -0.0834. The number of hydrogen-bond donors (Lipinski definition) is 0. The van der Waals surface area contributed by atoms with Crippen LogP contribution in [0.3, 0.4) is 0 Å². The van der Waals surface area contributed by atoms with Crippen molar-refractivity contribution >= 4 is 5.91 Å². The third kappa shape index (κ3) is 4.12. The number of amides is 1. The van der Waals surface area contributed by atoms with Crippen LogP contribution in [0.5, 0.6) is 5.75 Å². The van der Waals surface area contributed by atoms with Gasteiger partial charge in [-0.1, -0.05) is 36.7 Å². The van der Waals surface area contributed by atoms with Crippen molar-refractivity contribution < 1.29 is 14.1 Å². The summed E-state index contributed by atoms with van der Waals surface area (Å²) in [6.45, 7) is 8.72. The maximum Gasteiger partial charge on any atom is 0.259 e. The Morgan fingerprint density at radius 1 is 1.26 bits per heavy atom. The van der Waals surface area contributed by atoms with E-state index in [0.29, 0.717) is 30.2 Å². The van der Waals surface area contributed by atoms with Gasteiger partial charge in [-0.3, -0.25) is 4.79 Å². The molecular formula is C18H24N2O3. The van der Waals surface area contributed by atoms with Gasteiger partial charge in [-0.15, -0.1) is 0 Å². The molecular weight excluding hydrogens is 292 g/mol. The molecule has 1 aromatic heterocycles. The molecule has 0 aliphatic carbocycles. The fourth-order valence-corrected chi connectivity index (χ4v) is 2.27. The second-order valence-corrected chi connectivity index (χ2v) is 6.05. The molecule has 0 saturated heterocycles. The Morgan fingerprint density at radius 3 is 2.52 bits per heavy atom. The van der Waals surface area contributed by atoms with Gasteiger partial charge in [-0.05, 0) is 26.0 Å². The third-order valence-corrected chi connectivity index (χ3v) is 3.69. The third-order valence-electron chi connectivity index (χ3n) is 3.69. The standard InChI is InChI=1S/C18H24N2O3/c1-12(2)17-16(14(4)19-23-17)18(21)20(5)10-11-22-15-8-6-13(3)7-9-15/h6-9,12H,10-11H2,1-5H3. The van der Waals surface area contributed by atoms with E-state index in [-0.39, 0.29) is 11.8 Å². The Labute approximate surface area is 137 Å². The molecule has 1 heterocycles. The summed E-state index contributed by atoms with van der Waals surface area (Å²) in [5.41, 5.74) is 2.39. The number of aromatic nitrogens is 1. The smallest absolute Gasteiger partial charge is 0.259 e. The molecule has 0 aliphatic rings. The summed E-state index contributed by atoms with van der Waals surface area (Å²) in [6, 6.07) is 7.86. The fraction of sp³-hybridized carbons (Fsp3) is 0.444. The van der Waals surface area contributed by atoms with Gasteiger partial charge >= 0.3 is 0 Å². The van der Waals surface area contributed by atoms with E-state index in [1.54, 1.807) is 18.9 Å². The maximum absolute atomic E-state index is 12.6. The molecule has 0 spiro atoms. The Hall–Kier alpha value is -2.30. The Kier molecular flexibility index (Phi) is 5.42. The summed E-state index contributed by atoms with van der Waals surface area (Å²) in [5.74, 6) is 1.48. The van der Waals surface area contributed by atoms with Gasteiger partial charge in [-0.25, -0.2) is 0 Å². The summed E-state index contributed by atoms with van der Waals surface area (Å²) in [4.78, 5) is 14.2. The highest BCUT2D eigenvalue weighted by atomic mass is 16.5. The Morgan fingerprint density at radius 2 is 1.91 bits per heavy atom. The average molecular weight is 316 g/mol. The summed E-state index contributed by atoms with van der Waals surface area (Å²) in [7, 11) is 1.76. The number of rotatable bonds is 6. The van der Waals surface area contributed by atoms with E-state index in [0.717, 1.165) is 5.75 Å². The lowest BCUT2D eigenvalue weighted by Crippen LogP contribution is -2.31. The van der Waals surface area contributed by atoms with E-state index in [4.69, 9.17) is 9.26 Å². The molecule has 0 aliphatic heterocycles. The first-order valence-electron chi connectivity index (χ1n) is 7.81. The van der Waals surface area contributed by atoms with Gasteiger partial charge in [0, 0.05) is 13.0 Å². The number of benzene rings is 1. The van der Waals surface area contributed by atoms with Crippen LogP contribution in [0, 0.1) is 13.8 Å². The van der Waals surface area contributed by atoms with Crippen molar-refractivity contribution in [1.29, 1.82) is 0 Å². The molecule has 5 heteroatoms. The van der Waals surface area contributed by atoms with Gasteiger partial charge in [0.05, 0.1) is 12.2 Å². The van der Waals surface area contributed by atoms with E-state index >= 15 is 0 Å². The molecule has 0 bridgehead atoms. The quantitative estimate of drug-likeness (QED) is 0.817. The number of carbonyl (C=O) groups excluding carboxylic acids is 1. The highest BCUT2D eigenvalue weighted by Crippen LogP contribution is 2.23. The molecule has 0 radical (unpaired) electrons. The molecule has 2 rings (SSSR count). The predicted molar refractivity (Wildman–Crippen MR) is 89.0 cm³/mol. The summed E-state index contributed by atoms with van der Waals surface area (Å²) >= 11 is 0. The summed E-state index contributed by atoms with van der Waals surface area (Å²) in [5, 5.41) is 3.92. The maximum atomic E-state index is 12.6. The molecule has 23 heavy (non-hydrogen) atoms. The zero-order valence-corrected chi connectivity index (χ0v) is 14.4. The first kappa shape index (κ1) is 17.1. The predicted octanol–water partition coefficient (Wildman–Crippen LogP) is 3.57. The number of carbonyl (C=O) groups is 1. The normalized spacial score (nSPS) is 10.9. The fourth-order valence-electron chi connectivity index (χ4n) is 2.27. The van der Waals surface area contributed by atoms with Crippen molar-refractivity contribution in [3.8, 4) is 5.75 Å². The van der Waals surface area contributed by atoms with Crippen molar-refractivity contribution in [1.82, 2.24) is 10.1 Å². The van der Waals surface area contributed by atoms with Gasteiger partial charge in [0.2, 0.25) is 0 Å². The molecule has 0 fully saturated rings. The number of aryl methyl sites for hydroxylation is 2. The van der Waals surface area contributed by atoms with Crippen molar-refractivity contribution in [2.75, 3.05) is 20.2 Å². The topological polar surface area (TPSA) is 55.6 Å². The molecule has 1 amide bonds. The first-order chi connectivity index (χ1) is 10.9. The molecule has 0 saturated carbocycles. The lowest BCUT2D eigenvalue weighted by atomic mass is 10.0. The van der Waals surface area contributed by atoms with Crippen LogP contribution in [0.2, 0.25) is 0 Å². The molecule has 1 aromatic carbocycles. The minimum Gasteiger partial charge on any atom is -0.492 e. The van der Waals surface area contributed by atoms with Crippen molar-refractivity contribution in [3.63, 3.8) is 0 Å². The van der Waals surface area contributed by atoms with Gasteiger partial charge in [-0.2, -0.15) is 0 Å². The van der Waals surface area contributed by atoms with Gasteiger partial charge in [0.15, 0.2) is 5.76 Å². The van der Waals surface area contributed by atoms with Crippen LogP contribution in [0.1, 0.15) is 47.1 Å². The molecule has 2 aromatic rings. The van der Waals surface area contributed by atoms with Crippen molar-refractivity contribution in [2.45, 2.75) is 33.6 Å². The Bertz CT molecular complexity index is 659. The first-order valence-corrected chi connectivity index (χ1v) is 7.81. The molecule has 0 atom stereocenters. The SMILES string of the molecule is Cc1ccc(OCCN(C)C(=O)c2c(C)noc2C(C)C)cc1. The van der Waals surface area contributed by atoms with Crippen molar-refractivity contribution in [2.24, 2.45) is 0 Å². The van der Waals surface area contributed by atoms with Crippen LogP contribution in [0.15, 0.2) is 28.8 Å². The lowest BCUT2D eigenvalue weighted by molar-refractivity contribution is 0.0770. The van der Waals surface area contributed by atoms with E-state index in [9.17, 15) is 4.79 Å². The summed E-state index contributed by atoms with van der Waals surface area (Å²) in [6.07, 6.45) is 0. The number of likely N-dealkylation sites (N-methyl/N-ethyl adjacent to an activating group) is 1. The zero-order chi connectivity index (χ0) is 17.0. The van der Waals surface area contributed by atoms with Crippen LogP contribution in [0.25, 0.3) is 0 Å². The van der Waals surface area contributed by atoms with Crippen LogP contribution < -0.4 is 4.74 Å². The highest BCUT2D eigenvalue weighted by Gasteiger charge is 2.24. The molecule has 5 nitrogen and oxygen atoms in total. The number of nitrogens with zero attached hydrogens (tertiary/aromatic N) is 2. The largest absolute Gasteiger partial charge is 0.492 e. The Balaban J connectivity index is 1.95. The zero-order valence-electron chi connectivity index (χ0n) is 14.4. The van der Waals surface area contributed by atoms with Gasteiger partial charge in [0.1, 0.15) is 17.9 Å². The van der Waals surface area contributed by atoms with Crippen LogP contribution in [-0.2, 0) is 0 Å². The number of ether oxygens (including phenoxy) is 1. The van der Waals surface area contributed by atoms with E-state index in [1.165, 1.54) is 5.56 Å². The van der Waals surface area contributed by atoms with Crippen LogP contribution >= 0.6 is 0 Å². The van der Waals surface area contributed by atoms with Gasteiger partial charge < -0.3 is 14.2 Å². The second-order valence-electron chi connectivity index (χ2n) is 6.05. The van der Waals surface area contributed by atoms with Gasteiger partial charge in [0.25, 0.3) is 5.91 Å². The second kappa shape index (κ2) is 7.31. The van der Waals surface area contributed by atoms with Crippen molar-refractivity contribution in [3.05, 3.63) is 46.8 Å². The summed E-state index contributed by atoms with van der Waals surface area (Å²) < 4.78 is 11.0. The van der Waals surface area contributed by atoms with E-state index in [2.05, 4.69) is 5.16 Å². The average Bonchev–Trinajstić information content (AvgIpc) is 2.90.